The molecule has 0 amide bonds. The second kappa shape index (κ2) is 8.66. The number of benzene rings is 2. The summed E-state index contributed by atoms with van der Waals surface area (Å²) in [7, 11) is -4.23. The fourth-order valence-corrected chi connectivity index (χ4v) is 3.97. The van der Waals surface area contributed by atoms with E-state index in [2.05, 4.69) is 9.38 Å². The molecular formula is C18H12Cl2N4O5S. The van der Waals surface area contributed by atoms with Gasteiger partial charge in [-0.3, -0.25) is 15.1 Å². The average Bonchev–Trinajstić information content (AvgIpc) is 2.71. The van der Waals surface area contributed by atoms with Crippen LogP contribution in [0, 0.1) is 10.1 Å². The summed E-state index contributed by atoms with van der Waals surface area (Å²) < 4.78 is 34.2. The third-order valence-corrected chi connectivity index (χ3v) is 5.51. The first kappa shape index (κ1) is 21.5. The Kier molecular flexibility index (Phi) is 6.20. The highest BCUT2D eigenvalue weighted by Crippen LogP contribution is 2.39. The Labute approximate surface area is 180 Å². The number of rotatable bonds is 6. The molecule has 0 radical (unpaired) electrons. The van der Waals surface area contributed by atoms with Crippen molar-refractivity contribution in [1.82, 2.24) is 4.98 Å². The Hall–Kier alpha value is -3.21. The summed E-state index contributed by atoms with van der Waals surface area (Å²) in [4.78, 5) is 13.8. The molecule has 0 atom stereocenters. The Bertz CT molecular complexity index is 1210. The van der Waals surface area contributed by atoms with Crippen LogP contribution in [-0.4, -0.2) is 24.2 Å². The van der Waals surface area contributed by atoms with Gasteiger partial charge in [0.05, 0.1) is 19.9 Å². The zero-order chi connectivity index (χ0) is 21.9. The normalized spacial score (nSPS) is 11.9. The van der Waals surface area contributed by atoms with Gasteiger partial charge < -0.3 is 10.5 Å². The molecule has 0 aliphatic carbocycles. The van der Waals surface area contributed by atoms with Gasteiger partial charge in [0, 0.05) is 18.3 Å². The van der Waals surface area contributed by atoms with Crippen molar-refractivity contribution < 1.29 is 18.1 Å². The highest BCUT2D eigenvalue weighted by atomic mass is 35.5. The maximum absolute atomic E-state index is 12.6. The molecule has 3 rings (SSSR count). The number of hydrogen-bond acceptors (Lipinski definition) is 6. The summed E-state index contributed by atoms with van der Waals surface area (Å²) >= 11 is 12.3. The van der Waals surface area contributed by atoms with E-state index in [1.165, 1.54) is 36.5 Å². The number of ether oxygens (including phenoxy) is 1. The van der Waals surface area contributed by atoms with Crippen molar-refractivity contribution in [1.29, 1.82) is 0 Å². The summed E-state index contributed by atoms with van der Waals surface area (Å²) in [5.74, 6) is -0.0979. The molecule has 0 spiro atoms. The van der Waals surface area contributed by atoms with E-state index in [1.54, 1.807) is 12.1 Å². The number of aromatic nitrogens is 1. The van der Waals surface area contributed by atoms with Crippen LogP contribution in [0.2, 0.25) is 10.0 Å². The topological polar surface area (TPSA) is 138 Å². The van der Waals surface area contributed by atoms with E-state index in [9.17, 15) is 18.5 Å². The number of nitrogens with two attached hydrogens (primary N) is 1. The summed E-state index contributed by atoms with van der Waals surface area (Å²) in [5, 5.41) is 10.5. The molecule has 0 saturated carbocycles. The molecule has 12 heteroatoms. The van der Waals surface area contributed by atoms with Crippen LogP contribution >= 0.6 is 23.2 Å². The zero-order valence-electron chi connectivity index (χ0n) is 14.9. The average molecular weight is 467 g/mol. The Morgan fingerprint density at radius 3 is 2.27 bits per heavy atom. The lowest BCUT2D eigenvalue weighted by Crippen LogP contribution is -2.17. The predicted molar refractivity (Wildman–Crippen MR) is 112 cm³/mol. The lowest BCUT2D eigenvalue weighted by atomic mass is 10.3. The smallest absolute Gasteiger partial charge is 0.284 e. The first-order valence-corrected chi connectivity index (χ1v) is 10.3. The molecule has 0 saturated heterocycles. The van der Waals surface area contributed by atoms with Gasteiger partial charge in [-0.2, -0.15) is 8.42 Å². The van der Waals surface area contributed by atoms with Crippen molar-refractivity contribution in [3.8, 4) is 11.5 Å². The van der Waals surface area contributed by atoms with Gasteiger partial charge in [-0.25, -0.2) is 0 Å². The van der Waals surface area contributed by atoms with Crippen LogP contribution in [0.5, 0.6) is 11.5 Å². The van der Waals surface area contributed by atoms with Crippen LogP contribution in [0.25, 0.3) is 0 Å². The molecule has 154 valence electrons. The molecule has 1 heterocycles. The minimum absolute atomic E-state index is 0.0205. The van der Waals surface area contributed by atoms with E-state index >= 15 is 0 Å². The summed E-state index contributed by atoms with van der Waals surface area (Å²) in [5.41, 5.74) is 5.80. The number of halogens is 2. The van der Waals surface area contributed by atoms with Gasteiger partial charge in [0.2, 0.25) is 0 Å². The molecule has 3 aromatic rings. The quantitative estimate of drug-likeness (QED) is 0.248. The molecule has 0 unspecified atom stereocenters. The number of pyridine rings is 1. The lowest BCUT2D eigenvalue weighted by molar-refractivity contribution is -0.384. The van der Waals surface area contributed by atoms with E-state index in [4.69, 9.17) is 33.7 Å². The Balaban J connectivity index is 1.91. The van der Waals surface area contributed by atoms with Crippen molar-refractivity contribution in [2.24, 2.45) is 10.1 Å². The molecule has 9 nitrogen and oxygen atoms in total. The molecule has 2 N–H and O–H groups in total. The molecule has 0 bridgehead atoms. The van der Waals surface area contributed by atoms with Gasteiger partial charge in [-0.15, -0.1) is 4.40 Å². The number of nitro groups is 1. The van der Waals surface area contributed by atoms with Crippen molar-refractivity contribution in [3.63, 3.8) is 0 Å². The van der Waals surface area contributed by atoms with Gasteiger partial charge in [0.25, 0.3) is 15.7 Å². The fraction of sp³-hybridized carbons (Fsp3) is 0. The van der Waals surface area contributed by atoms with Crippen molar-refractivity contribution in [3.05, 3.63) is 86.6 Å². The number of nitro benzene ring substituents is 1. The second-order valence-corrected chi connectivity index (χ2v) is 8.15. The number of sulfonamides is 1. The number of nitrogens with zero attached hydrogens (tertiary/aromatic N) is 3. The molecule has 0 fully saturated rings. The van der Waals surface area contributed by atoms with Crippen LogP contribution in [0.4, 0.5) is 5.69 Å². The van der Waals surface area contributed by atoms with Crippen LogP contribution in [0.3, 0.4) is 0 Å². The molecule has 30 heavy (non-hydrogen) atoms. The number of hydrogen-bond donors (Lipinski definition) is 1. The number of non-ortho nitro benzene ring substituents is 1. The van der Waals surface area contributed by atoms with Crippen LogP contribution in [-0.2, 0) is 10.0 Å². The zero-order valence-corrected chi connectivity index (χ0v) is 17.2. The number of amidine groups is 1. The van der Waals surface area contributed by atoms with Gasteiger partial charge >= 0.3 is 0 Å². The highest BCUT2D eigenvalue weighted by molar-refractivity contribution is 7.90. The van der Waals surface area contributed by atoms with E-state index < -0.39 is 14.9 Å². The third-order valence-electron chi connectivity index (χ3n) is 3.68. The maximum atomic E-state index is 12.6. The summed E-state index contributed by atoms with van der Waals surface area (Å²) in [6, 6.07) is 12.2. The minimum atomic E-state index is -4.23. The standard InChI is InChI=1S/C18H12Cl2N4O5S/c19-14-9-13(30(27,28)23-18(21)16-3-1-2-8-22-16)10-15(20)17(14)29-12-6-4-11(5-7-12)24(25)26/h1-10H,(H2,21,23). The van der Waals surface area contributed by atoms with Gasteiger partial charge in [0.15, 0.2) is 11.6 Å². The van der Waals surface area contributed by atoms with E-state index in [1.807, 2.05) is 0 Å². The molecule has 2 aromatic carbocycles. The lowest BCUT2D eigenvalue weighted by Gasteiger charge is -2.11. The van der Waals surface area contributed by atoms with Crippen LogP contribution in [0.15, 0.2) is 70.1 Å². The first-order chi connectivity index (χ1) is 14.2. The molecular weight excluding hydrogens is 455 g/mol. The Morgan fingerprint density at radius 1 is 1.10 bits per heavy atom. The van der Waals surface area contributed by atoms with Gasteiger partial charge in [-0.05, 0) is 36.4 Å². The van der Waals surface area contributed by atoms with E-state index in [0.717, 1.165) is 12.1 Å². The fourth-order valence-electron chi connectivity index (χ4n) is 2.28. The van der Waals surface area contributed by atoms with Crippen molar-refractivity contribution >= 4 is 44.7 Å². The summed E-state index contributed by atoms with van der Waals surface area (Å²) in [6.45, 7) is 0. The van der Waals surface area contributed by atoms with Crippen molar-refractivity contribution in [2.75, 3.05) is 0 Å². The molecule has 0 aliphatic rings. The van der Waals surface area contributed by atoms with Gasteiger partial charge in [-0.1, -0.05) is 29.3 Å². The van der Waals surface area contributed by atoms with Gasteiger partial charge in [0.1, 0.15) is 11.4 Å². The SMILES string of the molecule is NC(=NS(=O)(=O)c1cc(Cl)c(Oc2ccc([N+](=O)[O-])cc2)c(Cl)c1)c1ccccn1. The maximum Gasteiger partial charge on any atom is 0.284 e. The minimum Gasteiger partial charge on any atom is -0.454 e. The van der Waals surface area contributed by atoms with E-state index in [-0.39, 0.29) is 43.7 Å². The van der Waals surface area contributed by atoms with E-state index in [0.29, 0.717) is 0 Å². The molecule has 1 aromatic heterocycles. The third kappa shape index (κ3) is 4.85. The van der Waals surface area contributed by atoms with Crippen molar-refractivity contribution in [2.45, 2.75) is 4.90 Å². The Morgan fingerprint density at radius 2 is 1.73 bits per heavy atom. The largest absolute Gasteiger partial charge is 0.454 e. The van der Waals surface area contributed by atoms with Crippen LogP contribution in [0.1, 0.15) is 5.69 Å². The highest BCUT2D eigenvalue weighted by Gasteiger charge is 2.20. The molecule has 0 aliphatic heterocycles. The first-order valence-electron chi connectivity index (χ1n) is 8.10. The monoisotopic (exact) mass is 466 g/mol. The summed E-state index contributed by atoms with van der Waals surface area (Å²) in [6.07, 6.45) is 1.45. The van der Waals surface area contributed by atoms with Crippen LogP contribution < -0.4 is 10.5 Å². The predicted octanol–water partition coefficient (Wildman–Crippen LogP) is 4.18. The second-order valence-electron chi connectivity index (χ2n) is 5.74.